The lowest BCUT2D eigenvalue weighted by Crippen LogP contribution is -2.25. The monoisotopic (exact) mass is 312 g/mol. The van der Waals surface area contributed by atoms with Gasteiger partial charge >= 0.3 is 5.69 Å². The molecule has 0 amide bonds. The molecule has 4 rings (SSSR count). The molecule has 110 valence electrons. The summed E-state index contributed by atoms with van der Waals surface area (Å²) in [4.78, 5) is 23.1. The van der Waals surface area contributed by atoms with Crippen LogP contribution in [0.5, 0.6) is 0 Å². The molecule has 0 saturated carbocycles. The first-order valence-electron chi connectivity index (χ1n) is 6.94. The highest BCUT2D eigenvalue weighted by Gasteiger charge is 2.24. The maximum atomic E-state index is 12.6. The van der Waals surface area contributed by atoms with E-state index in [1.165, 1.54) is 0 Å². The molecule has 0 fully saturated rings. The average Bonchev–Trinajstić information content (AvgIpc) is 2.77. The van der Waals surface area contributed by atoms with Gasteiger partial charge in [-0.3, -0.25) is 9.55 Å². The topological polar surface area (TPSA) is 51.0 Å². The Hall–Kier alpha value is -2.40. The Morgan fingerprint density at radius 1 is 1.32 bits per heavy atom. The quantitative estimate of drug-likeness (QED) is 0.693. The summed E-state index contributed by atoms with van der Waals surface area (Å²) in [5.41, 5.74) is 3.05. The van der Waals surface area contributed by atoms with Gasteiger partial charge in [0, 0.05) is 30.2 Å². The first-order chi connectivity index (χ1) is 10.6. The number of halogens is 1. The molecule has 0 atom stereocenters. The lowest BCUT2D eigenvalue weighted by atomic mass is 10.1. The van der Waals surface area contributed by atoms with Gasteiger partial charge in [-0.25, -0.2) is 4.79 Å². The number of nitrogens with zero attached hydrogens (tertiary/aromatic N) is 4. The molecule has 1 aliphatic rings. The molecule has 6 heteroatoms. The summed E-state index contributed by atoms with van der Waals surface area (Å²) in [7, 11) is 1.93. The van der Waals surface area contributed by atoms with Crippen LogP contribution in [0.4, 0.5) is 5.82 Å². The van der Waals surface area contributed by atoms with Crippen molar-refractivity contribution in [1.29, 1.82) is 0 Å². The summed E-state index contributed by atoms with van der Waals surface area (Å²) in [5.74, 6) is 0.712. The van der Waals surface area contributed by atoms with Crippen molar-refractivity contribution in [3.63, 3.8) is 0 Å². The molecule has 0 aliphatic carbocycles. The van der Waals surface area contributed by atoms with E-state index >= 15 is 0 Å². The molecule has 22 heavy (non-hydrogen) atoms. The van der Waals surface area contributed by atoms with E-state index in [1.54, 1.807) is 10.8 Å². The lowest BCUT2D eigenvalue weighted by Gasteiger charge is -2.14. The molecule has 3 aromatic rings. The standard InChI is InChI=1S/C16H13ClN4O/c1-9-12(4-3-5-18-9)21-13-7-11(17)6-10-8-20(2)15(14(10)13)19-16(21)22/h3-7H,8H2,1-2H3. The second-order valence-electron chi connectivity index (χ2n) is 5.48. The first-order valence-corrected chi connectivity index (χ1v) is 7.32. The van der Waals surface area contributed by atoms with Crippen molar-refractivity contribution < 1.29 is 0 Å². The number of pyridine rings is 1. The molecule has 0 N–H and O–H groups in total. The number of aromatic nitrogens is 3. The minimum atomic E-state index is -0.319. The highest BCUT2D eigenvalue weighted by Crippen LogP contribution is 2.36. The minimum absolute atomic E-state index is 0.319. The number of rotatable bonds is 1. The third kappa shape index (κ3) is 1.75. The van der Waals surface area contributed by atoms with E-state index in [4.69, 9.17) is 11.6 Å². The van der Waals surface area contributed by atoms with Gasteiger partial charge in [0.25, 0.3) is 0 Å². The van der Waals surface area contributed by atoms with Crippen LogP contribution in [0.25, 0.3) is 16.6 Å². The average molecular weight is 313 g/mol. The van der Waals surface area contributed by atoms with Gasteiger partial charge in [0.1, 0.15) is 5.82 Å². The second-order valence-corrected chi connectivity index (χ2v) is 5.91. The van der Waals surface area contributed by atoms with Gasteiger partial charge < -0.3 is 4.90 Å². The van der Waals surface area contributed by atoms with Gasteiger partial charge in [0.05, 0.1) is 16.9 Å². The molecule has 1 aromatic carbocycles. The van der Waals surface area contributed by atoms with Crippen molar-refractivity contribution in [2.45, 2.75) is 13.5 Å². The summed E-state index contributed by atoms with van der Waals surface area (Å²) in [6.07, 6.45) is 1.71. The van der Waals surface area contributed by atoms with Crippen LogP contribution in [-0.4, -0.2) is 21.6 Å². The van der Waals surface area contributed by atoms with Crippen LogP contribution in [0.1, 0.15) is 11.3 Å². The van der Waals surface area contributed by atoms with E-state index in [-0.39, 0.29) is 5.69 Å². The SMILES string of the molecule is Cc1ncccc1-n1c(=O)nc2c3c(cc(Cl)cc31)CN2C. The molecule has 1 aliphatic heterocycles. The van der Waals surface area contributed by atoms with Crippen LogP contribution >= 0.6 is 11.6 Å². The zero-order chi connectivity index (χ0) is 15.4. The van der Waals surface area contributed by atoms with Crippen LogP contribution in [0, 0.1) is 6.92 Å². The predicted octanol–water partition coefficient (Wildman–Crippen LogP) is 2.69. The number of benzene rings is 1. The number of hydrogen-bond acceptors (Lipinski definition) is 4. The Morgan fingerprint density at radius 3 is 2.91 bits per heavy atom. The maximum Gasteiger partial charge on any atom is 0.354 e. The van der Waals surface area contributed by atoms with Crippen LogP contribution in [0.3, 0.4) is 0 Å². The lowest BCUT2D eigenvalue weighted by molar-refractivity contribution is 0.900. The predicted molar refractivity (Wildman–Crippen MR) is 87.0 cm³/mol. The number of anilines is 1. The molecule has 2 aromatic heterocycles. The molecule has 0 unspecified atom stereocenters. The van der Waals surface area contributed by atoms with Gasteiger partial charge in [0.2, 0.25) is 0 Å². The van der Waals surface area contributed by atoms with Crippen molar-refractivity contribution in [1.82, 2.24) is 14.5 Å². The van der Waals surface area contributed by atoms with Crippen molar-refractivity contribution >= 4 is 28.3 Å². The zero-order valence-corrected chi connectivity index (χ0v) is 12.9. The van der Waals surface area contributed by atoms with Crippen molar-refractivity contribution in [3.05, 3.63) is 57.2 Å². The van der Waals surface area contributed by atoms with Gasteiger partial charge in [-0.15, -0.1) is 0 Å². The maximum absolute atomic E-state index is 12.6. The van der Waals surface area contributed by atoms with Gasteiger partial charge in [0.15, 0.2) is 0 Å². The third-order valence-electron chi connectivity index (χ3n) is 4.01. The summed E-state index contributed by atoms with van der Waals surface area (Å²) < 4.78 is 1.59. The largest absolute Gasteiger partial charge is 0.355 e. The van der Waals surface area contributed by atoms with Crippen molar-refractivity contribution in [2.75, 3.05) is 11.9 Å². The Morgan fingerprint density at radius 2 is 2.14 bits per heavy atom. The highest BCUT2D eigenvalue weighted by atomic mass is 35.5. The Kier molecular flexibility index (Phi) is 2.74. The fourth-order valence-electron chi connectivity index (χ4n) is 3.06. The number of hydrogen-bond donors (Lipinski definition) is 0. The molecular weight excluding hydrogens is 300 g/mol. The normalized spacial score (nSPS) is 13.1. The fourth-order valence-corrected chi connectivity index (χ4v) is 3.29. The minimum Gasteiger partial charge on any atom is -0.355 e. The molecule has 0 bridgehead atoms. The molecular formula is C16H13ClN4O. The summed E-state index contributed by atoms with van der Waals surface area (Å²) in [6.45, 7) is 2.58. The van der Waals surface area contributed by atoms with Crippen molar-refractivity contribution in [3.8, 4) is 5.69 Å². The van der Waals surface area contributed by atoms with E-state index in [0.717, 1.165) is 27.8 Å². The molecule has 5 nitrogen and oxygen atoms in total. The summed E-state index contributed by atoms with van der Waals surface area (Å²) in [5, 5.41) is 1.60. The molecule has 3 heterocycles. The highest BCUT2D eigenvalue weighted by molar-refractivity contribution is 6.31. The van der Waals surface area contributed by atoms with E-state index in [0.29, 0.717) is 17.4 Å². The van der Waals surface area contributed by atoms with Gasteiger partial charge in [-0.2, -0.15) is 4.98 Å². The van der Waals surface area contributed by atoms with Crippen molar-refractivity contribution in [2.24, 2.45) is 0 Å². The summed E-state index contributed by atoms with van der Waals surface area (Å²) in [6, 6.07) is 7.43. The Balaban J connectivity index is 2.20. The van der Waals surface area contributed by atoms with Crippen LogP contribution in [0.15, 0.2) is 35.3 Å². The molecule has 0 radical (unpaired) electrons. The third-order valence-corrected chi connectivity index (χ3v) is 4.23. The fraction of sp³-hybridized carbons (Fsp3) is 0.188. The molecule has 0 saturated heterocycles. The van der Waals surface area contributed by atoms with Gasteiger partial charge in [-0.1, -0.05) is 11.6 Å². The van der Waals surface area contributed by atoms with E-state index in [2.05, 4.69) is 9.97 Å². The van der Waals surface area contributed by atoms with Crippen LogP contribution in [0.2, 0.25) is 5.02 Å². The summed E-state index contributed by atoms with van der Waals surface area (Å²) >= 11 is 6.26. The second kappa shape index (κ2) is 4.55. The van der Waals surface area contributed by atoms with E-state index in [9.17, 15) is 4.79 Å². The van der Waals surface area contributed by atoms with E-state index in [1.807, 2.05) is 43.1 Å². The van der Waals surface area contributed by atoms with E-state index < -0.39 is 0 Å². The Bertz CT molecular complexity index is 980. The smallest absolute Gasteiger partial charge is 0.354 e. The number of aryl methyl sites for hydroxylation is 1. The Labute approximate surface area is 131 Å². The van der Waals surface area contributed by atoms with Crippen LogP contribution < -0.4 is 10.6 Å². The zero-order valence-electron chi connectivity index (χ0n) is 12.2. The molecule has 0 spiro atoms. The first kappa shape index (κ1) is 13.3. The van der Waals surface area contributed by atoms with Crippen LogP contribution in [-0.2, 0) is 6.54 Å². The van der Waals surface area contributed by atoms with Gasteiger partial charge in [-0.05, 0) is 36.8 Å².